The number of hydrogen-bond acceptors (Lipinski definition) is 3. The van der Waals surface area contributed by atoms with Gasteiger partial charge in [-0.25, -0.2) is 0 Å². The first-order chi connectivity index (χ1) is 12.5. The van der Waals surface area contributed by atoms with Crippen LogP contribution in [-0.2, 0) is 11.8 Å². The molecule has 0 unspecified atom stereocenters. The Bertz CT molecular complexity index is 835. The number of rotatable bonds is 2. The summed E-state index contributed by atoms with van der Waals surface area (Å²) in [5.41, 5.74) is 2.49. The molecule has 136 valence electrons. The van der Waals surface area contributed by atoms with Gasteiger partial charge in [-0.3, -0.25) is 14.3 Å². The lowest BCUT2D eigenvalue weighted by Gasteiger charge is -2.38. The molecule has 2 amide bonds. The Morgan fingerprint density at radius 2 is 1.81 bits per heavy atom. The number of likely N-dealkylation sites (tertiary alicyclic amines) is 2. The van der Waals surface area contributed by atoms with E-state index in [-0.39, 0.29) is 17.2 Å². The van der Waals surface area contributed by atoms with E-state index in [1.165, 1.54) is 0 Å². The zero-order valence-corrected chi connectivity index (χ0v) is 15.3. The number of aromatic nitrogens is 2. The Kier molecular flexibility index (Phi) is 4.05. The third-order valence-electron chi connectivity index (χ3n) is 5.80. The molecule has 6 heteroatoms. The SMILES string of the molecule is CN1CC2(CCN(C(=O)c3cc(-c4ccccc4)nn3C)CC2)CC1=O. The summed E-state index contributed by atoms with van der Waals surface area (Å²) in [5.74, 6) is 0.249. The van der Waals surface area contributed by atoms with Crippen LogP contribution in [0.25, 0.3) is 11.3 Å². The van der Waals surface area contributed by atoms with Gasteiger partial charge >= 0.3 is 0 Å². The smallest absolute Gasteiger partial charge is 0.272 e. The third kappa shape index (κ3) is 2.89. The average molecular weight is 352 g/mol. The third-order valence-corrected chi connectivity index (χ3v) is 5.80. The lowest BCUT2D eigenvalue weighted by Crippen LogP contribution is -2.44. The van der Waals surface area contributed by atoms with Gasteiger partial charge < -0.3 is 9.80 Å². The monoisotopic (exact) mass is 352 g/mol. The molecule has 6 nitrogen and oxygen atoms in total. The Hall–Kier alpha value is -2.63. The van der Waals surface area contributed by atoms with Gasteiger partial charge in [-0.05, 0) is 18.9 Å². The second-order valence-corrected chi connectivity index (χ2v) is 7.62. The van der Waals surface area contributed by atoms with Crippen LogP contribution in [-0.4, -0.2) is 58.1 Å². The number of aryl methyl sites for hydroxylation is 1. The quantitative estimate of drug-likeness (QED) is 0.832. The first-order valence-electron chi connectivity index (χ1n) is 9.10. The summed E-state index contributed by atoms with van der Waals surface area (Å²) in [4.78, 5) is 28.6. The van der Waals surface area contributed by atoms with E-state index in [1.807, 2.05) is 60.3 Å². The molecule has 2 aliphatic rings. The highest BCUT2D eigenvalue weighted by atomic mass is 16.2. The maximum Gasteiger partial charge on any atom is 0.272 e. The Morgan fingerprint density at radius 1 is 1.12 bits per heavy atom. The molecule has 26 heavy (non-hydrogen) atoms. The summed E-state index contributed by atoms with van der Waals surface area (Å²) in [6, 6.07) is 11.8. The molecule has 0 N–H and O–H groups in total. The average Bonchev–Trinajstić information content (AvgIpc) is 3.16. The Balaban J connectivity index is 1.48. The molecule has 3 heterocycles. The van der Waals surface area contributed by atoms with E-state index in [1.54, 1.807) is 4.68 Å². The van der Waals surface area contributed by atoms with Crippen LogP contribution in [0.1, 0.15) is 29.8 Å². The van der Waals surface area contributed by atoms with E-state index >= 15 is 0 Å². The van der Waals surface area contributed by atoms with Crippen molar-refractivity contribution >= 4 is 11.8 Å². The summed E-state index contributed by atoms with van der Waals surface area (Å²) in [5, 5.41) is 4.51. The number of carbonyl (C=O) groups is 2. The minimum absolute atomic E-state index is 0.0229. The summed E-state index contributed by atoms with van der Waals surface area (Å²) in [6.07, 6.45) is 2.39. The molecule has 4 rings (SSSR count). The molecule has 2 fully saturated rings. The summed E-state index contributed by atoms with van der Waals surface area (Å²) >= 11 is 0. The largest absolute Gasteiger partial charge is 0.345 e. The Morgan fingerprint density at radius 3 is 2.42 bits per heavy atom. The van der Waals surface area contributed by atoms with Crippen molar-refractivity contribution in [1.82, 2.24) is 19.6 Å². The molecular weight excluding hydrogens is 328 g/mol. The number of carbonyl (C=O) groups excluding carboxylic acids is 2. The van der Waals surface area contributed by atoms with Gasteiger partial charge in [0, 0.05) is 51.1 Å². The minimum atomic E-state index is 0.0229. The molecule has 0 atom stereocenters. The fourth-order valence-electron chi connectivity index (χ4n) is 4.20. The van der Waals surface area contributed by atoms with Crippen molar-refractivity contribution in [3.8, 4) is 11.3 Å². The second-order valence-electron chi connectivity index (χ2n) is 7.62. The van der Waals surface area contributed by atoms with Gasteiger partial charge in [0.1, 0.15) is 5.69 Å². The van der Waals surface area contributed by atoms with Crippen LogP contribution in [0, 0.1) is 5.41 Å². The molecule has 2 saturated heterocycles. The molecule has 0 radical (unpaired) electrons. The fourth-order valence-corrected chi connectivity index (χ4v) is 4.20. The number of hydrogen-bond donors (Lipinski definition) is 0. The summed E-state index contributed by atoms with van der Waals surface area (Å²) in [6.45, 7) is 2.22. The Labute approximate surface area is 153 Å². The molecule has 2 aromatic rings. The van der Waals surface area contributed by atoms with Crippen molar-refractivity contribution < 1.29 is 9.59 Å². The zero-order valence-electron chi connectivity index (χ0n) is 15.3. The van der Waals surface area contributed by atoms with Crippen molar-refractivity contribution in [3.63, 3.8) is 0 Å². The molecule has 0 bridgehead atoms. The first-order valence-corrected chi connectivity index (χ1v) is 9.10. The highest BCUT2D eigenvalue weighted by Gasteiger charge is 2.44. The zero-order chi connectivity index (χ0) is 18.3. The van der Waals surface area contributed by atoms with Gasteiger partial charge in [-0.1, -0.05) is 30.3 Å². The van der Waals surface area contributed by atoms with E-state index < -0.39 is 0 Å². The van der Waals surface area contributed by atoms with Crippen LogP contribution in [0.2, 0.25) is 0 Å². The summed E-state index contributed by atoms with van der Waals surface area (Å²) < 4.78 is 1.67. The fraction of sp³-hybridized carbons (Fsp3) is 0.450. The van der Waals surface area contributed by atoms with Crippen molar-refractivity contribution in [2.45, 2.75) is 19.3 Å². The van der Waals surface area contributed by atoms with Gasteiger partial charge in [0.05, 0.1) is 5.69 Å². The van der Waals surface area contributed by atoms with E-state index in [0.29, 0.717) is 25.2 Å². The molecule has 1 aromatic heterocycles. The van der Waals surface area contributed by atoms with Crippen LogP contribution in [0.15, 0.2) is 36.4 Å². The maximum absolute atomic E-state index is 13.0. The summed E-state index contributed by atoms with van der Waals surface area (Å²) in [7, 11) is 3.69. The molecule has 1 spiro atoms. The van der Waals surface area contributed by atoms with Crippen LogP contribution in [0.5, 0.6) is 0 Å². The number of piperidine rings is 1. The van der Waals surface area contributed by atoms with Crippen LogP contribution >= 0.6 is 0 Å². The van der Waals surface area contributed by atoms with Gasteiger partial charge in [0.15, 0.2) is 0 Å². The predicted molar refractivity (Wildman–Crippen MR) is 98.5 cm³/mol. The highest BCUT2D eigenvalue weighted by Crippen LogP contribution is 2.40. The van der Waals surface area contributed by atoms with Gasteiger partial charge in [-0.15, -0.1) is 0 Å². The lowest BCUT2D eigenvalue weighted by atomic mass is 9.77. The van der Waals surface area contributed by atoms with Gasteiger partial charge in [-0.2, -0.15) is 5.10 Å². The number of nitrogens with zero attached hydrogens (tertiary/aromatic N) is 4. The highest BCUT2D eigenvalue weighted by molar-refractivity contribution is 5.94. The van der Waals surface area contributed by atoms with Crippen molar-refractivity contribution in [3.05, 3.63) is 42.1 Å². The number of amides is 2. The van der Waals surface area contributed by atoms with E-state index in [2.05, 4.69) is 5.10 Å². The van der Waals surface area contributed by atoms with Crippen LogP contribution in [0.4, 0.5) is 0 Å². The first kappa shape index (κ1) is 16.8. The van der Waals surface area contributed by atoms with E-state index in [9.17, 15) is 9.59 Å². The molecule has 1 aromatic carbocycles. The molecule has 2 aliphatic heterocycles. The second kappa shape index (κ2) is 6.27. The maximum atomic E-state index is 13.0. The number of benzene rings is 1. The normalized spacial score (nSPS) is 19.4. The van der Waals surface area contributed by atoms with Crippen LogP contribution in [0.3, 0.4) is 0 Å². The van der Waals surface area contributed by atoms with Crippen molar-refractivity contribution in [1.29, 1.82) is 0 Å². The molecule has 0 aliphatic carbocycles. The van der Waals surface area contributed by atoms with Crippen molar-refractivity contribution in [2.24, 2.45) is 12.5 Å². The van der Waals surface area contributed by atoms with E-state index in [4.69, 9.17) is 0 Å². The van der Waals surface area contributed by atoms with Crippen molar-refractivity contribution in [2.75, 3.05) is 26.7 Å². The topological polar surface area (TPSA) is 58.4 Å². The van der Waals surface area contributed by atoms with Gasteiger partial charge in [0.2, 0.25) is 5.91 Å². The van der Waals surface area contributed by atoms with E-state index in [0.717, 1.165) is 30.6 Å². The van der Waals surface area contributed by atoms with Crippen LogP contribution < -0.4 is 0 Å². The minimum Gasteiger partial charge on any atom is -0.345 e. The molecular formula is C20H24N4O2. The lowest BCUT2D eigenvalue weighted by molar-refractivity contribution is -0.126. The molecule has 0 saturated carbocycles. The standard InChI is InChI=1S/C20H24N4O2/c1-22-14-20(13-18(22)25)8-10-24(11-9-20)19(26)17-12-16(21-23(17)2)15-6-4-3-5-7-15/h3-7,12H,8-11,13-14H2,1-2H3. The predicted octanol–water partition coefficient (Wildman–Crippen LogP) is 2.17. The van der Waals surface area contributed by atoms with Gasteiger partial charge in [0.25, 0.3) is 5.91 Å².